The third-order valence-electron chi connectivity index (χ3n) is 3.79. The van der Waals surface area contributed by atoms with Crippen LogP contribution in [0.25, 0.3) is 0 Å². The minimum Gasteiger partial charge on any atom is -0.157 e. The van der Waals surface area contributed by atoms with Gasteiger partial charge in [0.2, 0.25) is 0 Å². The van der Waals surface area contributed by atoms with Crippen molar-refractivity contribution in [2.24, 2.45) is 5.41 Å². The summed E-state index contributed by atoms with van der Waals surface area (Å²) in [4.78, 5) is 0. The molecule has 1 aliphatic carbocycles. The van der Waals surface area contributed by atoms with Gasteiger partial charge in [-0.2, -0.15) is 11.8 Å². The van der Waals surface area contributed by atoms with E-state index >= 15 is 0 Å². The summed E-state index contributed by atoms with van der Waals surface area (Å²) in [6.07, 6.45) is 7.04. The second-order valence-electron chi connectivity index (χ2n) is 5.31. The molecule has 0 aliphatic heterocycles. The summed E-state index contributed by atoms with van der Waals surface area (Å²) >= 11 is 11.7. The largest absolute Gasteiger partial charge is 0.157 e. The molecule has 1 aromatic carbocycles. The first kappa shape index (κ1) is 14.7. The number of hydrogen-bond donors (Lipinski definition) is 0. The zero-order chi connectivity index (χ0) is 12.8. The van der Waals surface area contributed by atoms with Crippen molar-refractivity contribution >= 4 is 39.3 Å². The van der Waals surface area contributed by atoms with E-state index in [-0.39, 0.29) is 0 Å². The van der Waals surface area contributed by atoms with Gasteiger partial charge in [-0.1, -0.05) is 58.9 Å². The normalized spacial score (nSPS) is 18.8. The number of alkyl halides is 1. The van der Waals surface area contributed by atoms with E-state index in [4.69, 9.17) is 11.6 Å². The highest BCUT2D eigenvalue weighted by Gasteiger charge is 2.30. The predicted octanol–water partition coefficient (Wildman–Crippen LogP) is 5.92. The molecule has 0 heterocycles. The van der Waals surface area contributed by atoms with Crippen LogP contribution in [0.5, 0.6) is 0 Å². The van der Waals surface area contributed by atoms with E-state index in [1.54, 1.807) is 0 Å². The monoisotopic (exact) mass is 346 g/mol. The number of halogens is 2. The van der Waals surface area contributed by atoms with E-state index in [0.29, 0.717) is 5.41 Å². The van der Waals surface area contributed by atoms with Crippen molar-refractivity contribution in [3.05, 3.63) is 34.9 Å². The molecular formula is C15H20BrClS. The molecule has 0 saturated heterocycles. The maximum Gasteiger partial charge on any atom is 0.0406 e. The Bertz CT molecular complexity index is 357. The van der Waals surface area contributed by atoms with Gasteiger partial charge in [0.25, 0.3) is 0 Å². The van der Waals surface area contributed by atoms with Crippen molar-refractivity contribution in [2.75, 3.05) is 11.1 Å². The van der Waals surface area contributed by atoms with Gasteiger partial charge in [-0.15, -0.1) is 0 Å². The highest BCUT2D eigenvalue weighted by atomic mass is 79.9. The lowest BCUT2D eigenvalue weighted by Crippen LogP contribution is -2.28. The molecule has 100 valence electrons. The molecule has 1 fully saturated rings. The molecule has 3 heteroatoms. The third-order valence-corrected chi connectivity index (χ3v) is 6.58. The average molecular weight is 348 g/mol. The molecule has 0 spiro atoms. The van der Waals surface area contributed by atoms with E-state index < -0.39 is 0 Å². The fraction of sp³-hybridized carbons (Fsp3) is 0.600. The molecule has 0 amide bonds. The Labute approximate surface area is 128 Å². The molecule has 0 unspecified atom stereocenters. The maximum atomic E-state index is 5.90. The van der Waals surface area contributed by atoms with Crippen molar-refractivity contribution in [3.8, 4) is 0 Å². The molecule has 0 atom stereocenters. The number of hydrogen-bond acceptors (Lipinski definition) is 1. The van der Waals surface area contributed by atoms with E-state index in [1.807, 2.05) is 12.1 Å². The quantitative estimate of drug-likeness (QED) is 0.596. The minimum atomic E-state index is 0.551. The summed E-state index contributed by atoms with van der Waals surface area (Å²) < 4.78 is 0. The van der Waals surface area contributed by atoms with Crippen molar-refractivity contribution < 1.29 is 0 Å². The van der Waals surface area contributed by atoms with Crippen molar-refractivity contribution in [3.63, 3.8) is 0 Å². The molecular weight excluding hydrogens is 328 g/mol. The Balaban J connectivity index is 1.81. The lowest BCUT2D eigenvalue weighted by molar-refractivity contribution is 0.260. The minimum absolute atomic E-state index is 0.551. The number of rotatable bonds is 5. The fourth-order valence-electron chi connectivity index (χ4n) is 2.58. The van der Waals surface area contributed by atoms with Gasteiger partial charge in [-0.3, -0.25) is 0 Å². The van der Waals surface area contributed by atoms with Crippen molar-refractivity contribution in [1.82, 2.24) is 0 Å². The van der Waals surface area contributed by atoms with Crippen LogP contribution in [-0.4, -0.2) is 11.1 Å². The van der Waals surface area contributed by atoms with E-state index in [0.717, 1.165) is 16.1 Å². The Kier molecular flexibility index (Phi) is 5.91. The van der Waals surface area contributed by atoms with Crippen LogP contribution < -0.4 is 0 Å². The Hall–Kier alpha value is 0.340. The molecule has 0 N–H and O–H groups in total. The maximum absolute atomic E-state index is 5.90. The fourth-order valence-corrected chi connectivity index (χ4v) is 5.09. The lowest BCUT2D eigenvalue weighted by Gasteiger charge is -2.35. The molecule has 18 heavy (non-hydrogen) atoms. The second-order valence-corrected chi connectivity index (χ2v) is 7.30. The highest BCUT2D eigenvalue weighted by Crippen LogP contribution is 2.40. The van der Waals surface area contributed by atoms with Gasteiger partial charge in [-0.25, -0.2) is 0 Å². The van der Waals surface area contributed by atoms with Gasteiger partial charge < -0.3 is 0 Å². The van der Waals surface area contributed by atoms with Crippen LogP contribution >= 0.6 is 39.3 Å². The first-order valence-electron chi connectivity index (χ1n) is 6.62. The Morgan fingerprint density at radius 2 is 1.78 bits per heavy atom. The topological polar surface area (TPSA) is 0 Å². The second kappa shape index (κ2) is 7.21. The van der Waals surface area contributed by atoms with Crippen LogP contribution in [0.3, 0.4) is 0 Å². The van der Waals surface area contributed by atoms with Crippen LogP contribution in [0, 0.1) is 5.41 Å². The molecule has 0 nitrogen and oxygen atoms in total. The molecule has 1 aliphatic rings. The van der Waals surface area contributed by atoms with E-state index in [2.05, 4.69) is 39.8 Å². The van der Waals surface area contributed by atoms with Crippen LogP contribution in [-0.2, 0) is 5.75 Å². The molecule has 0 bridgehead atoms. The summed E-state index contributed by atoms with van der Waals surface area (Å²) in [5, 5.41) is 1.99. The summed E-state index contributed by atoms with van der Waals surface area (Å²) in [7, 11) is 0. The molecule has 1 aromatic rings. The number of benzene rings is 1. The van der Waals surface area contributed by atoms with Gasteiger partial charge in [0.15, 0.2) is 0 Å². The summed E-state index contributed by atoms with van der Waals surface area (Å²) in [5.74, 6) is 2.38. The van der Waals surface area contributed by atoms with Crippen molar-refractivity contribution in [1.29, 1.82) is 0 Å². The average Bonchev–Trinajstić information content (AvgIpc) is 2.42. The summed E-state index contributed by atoms with van der Waals surface area (Å²) in [5.41, 5.74) is 1.93. The zero-order valence-electron chi connectivity index (χ0n) is 10.6. The SMILES string of the molecule is Clc1ccc(CSCC2(CBr)CCCCC2)cc1. The predicted molar refractivity (Wildman–Crippen MR) is 86.9 cm³/mol. The highest BCUT2D eigenvalue weighted by molar-refractivity contribution is 9.09. The van der Waals surface area contributed by atoms with Gasteiger partial charge in [0.1, 0.15) is 0 Å². The van der Waals surface area contributed by atoms with Gasteiger partial charge in [-0.05, 0) is 36.0 Å². The standard InChI is InChI=1S/C15H20BrClS/c16-11-15(8-2-1-3-9-15)12-18-10-13-4-6-14(17)7-5-13/h4-7H,1-3,8-12H2. The van der Waals surface area contributed by atoms with Crippen LogP contribution in [0.1, 0.15) is 37.7 Å². The first-order valence-corrected chi connectivity index (χ1v) is 9.28. The first-order chi connectivity index (χ1) is 8.74. The molecule has 0 radical (unpaired) electrons. The smallest absolute Gasteiger partial charge is 0.0406 e. The van der Waals surface area contributed by atoms with Gasteiger partial charge in [0, 0.05) is 21.9 Å². The Morgan fingerprint density at radius 3 is 2.39 bits per heavy atom. The van der Waals surface area contributed by atoms with E-state index in [1.165, 1.54) is 43.4 Å². The van der Waals surface area contributed by atoms with Gasteiger partial charge in [0.05, 0.1) is 0 Å². The molecule has 0 aromatic heterocycles. The number of thioether (sulfide) groups is 1. The summed E-state index contributed by atoms with van der Waals surface area (Å²) in [6.45, 7) is 0. The molecule has 1 saturated carbocycles. The van der Waals surface area contributed by atoms with Crippen LogP contribution in [0.15, 0.2) is 24.3 Å². The Morgan fingerprint density at radius 1 is 1.11 bits per heavy atom. The zero-order valence-corrected chi connectivity index (χ0v) is 13.8. The van der Waals surface area contributed by atoms with E-state index in [9.17, 15) is 0 Å². The van der Waals surface area contributed by atoms with Gasteiger partial charge >= 0.3 is 0 Å². The third kappa shape index (κ3) is 4.18. The van der Waals surface area contributed by atoms with Crippen LogP contribution in [0.4, 0.5) is 0 Å². The van der Waals surface area contributed by atoms with Crippen LogP contribution in [0.2, 0.25) is 5.02 Å². The van der Waals surface area contributed by atoms with Crippen molar-refractivity contribution in [2.45, 2.75) is 37.9 Å². The summed E-state index contributed by atoms with van der Waals surface area (Å²) in [6, 6.07) is 8.24. The lowest BCUT2D eigenvalue weighted by atomic mass is 9.77. The molecule has 2 rings (SSSR count).